The minimum atomic E-state index is -3.12. The average Bonchev–Trinajstić information content (AvgIpc) is 2.64. The van der Waals surface area contributed by atoms with Crippen LogP contribution in [0, 0.1) is 11.6 Å². The van der Waals surface area contributed by atoms with Gasteiger partial charge in [0.05, 0.1) is 0 Å². The number of likely N-dealkylation sites (tertiary alicyclic amines) is 1. The first-order chi connectivity index (χ1) is 10.7. The van der Waals surface area contributed by atoms with Gasteiger partial charge in [-0.15, -0.1) is 0 Å². The van der Waals surface area contributed by atoms with Crippen LogP contribution in [0.25, 0.3) is 0 Å². The number of rotatable bonds is 2. The molecule has 0 radical (unpaired) electrons. The fourth-order valence-electron chi connectivity index (χ4n) is 2.30. The lowest BCUT2D eigenvalue weighted by Gasteiger charge is -2.21. The number of halogens is 5. The van der Waals surface area contributed by atoms with Crippen molar-refractivity contribution in [3.8, 4) is 0 Å². The Bertz CT molecular complexity index is 530. The van der Waals surface area contributed by atoms with E-state index in [2.05, 4.69) is 0 Å². The molecule has 1 aliphatic rings. The minimum absolute atomic E-state index is 0.0734. The van der Waals surface area contributed by atoms with Crippen LogP contribution in [0.2, 0.25) is 0 Å². The molecule has 1 aromatic rings. The maximum atomic E-state index is 13.7. The molecule has 1 fully saturated rings. The molecule has 0 N–H and O–H groups in total. The van der Waals surface area contributed by atoms with Crippen LogP contribution in [0.5, 0.6) is 0 Å². The van der Waals surface area contributed by atoms with Crippen LogP contribution in [0.15, 0.2) is 18.2 Å². The van der Waals surface area contributed by atoms with Gasteiger partial charge < -0.3 is 4.90 Å². The van der Waals surface area contributed by atoms with Gasteiger partial charge in [-0.1, -0.05) is 12.1 Å². The Morgan fingerprint density at radius 1 is 1.30 bits per heavy atom. The smallest absolute Gasteiger partial charge is 0.273 e. The maximum absolute atomic E-state index is 13.7. The lowest BCUT2D eigenvalue weighted by molar-refractivity contribution is -0.129. The summed E-state index contributed by atoms with van der Waals surface area (Å²) in [6.07, 6.45) is 1.93. The van der Waals surface area contributed by atoms with E-state index in [-0.39, 0.29) is 11.8 Å². The fourth-order valence-corrected chi connectivity index (χ4v) is 2.30. The number of amides is 1. The summed E-state index contributed by atoms with van der Waals surface area (Å²) in [5.41, 5.74) is 0.381. The van der Waals surface area contributed by atoms with Gasteiger partial charge in [-0.3, -0.25) is 4.79 Å². The summed E-state index contributed by atoms with van der Waals surface area (Å²) in [4.78, 5) is 13.1. The number of nitrogens with zero attached hydrogens (tertiary/aromatic N) is 1. The molecule has 1 unspecified atom stereocenters. The molecule has 2 nitrogen and oxygen atoms in total. The maximum Gasteiger partial charge on any atom is 0.273 e. The molecule has 0 bridgehead atoms. The molecular weight excluding hydrogens is 317 g/mol. The van der Waals surface area contributed by atoms with Gasteiger partial charge in [-0.2, -0.15) is 0 Å². The van der Waals surface area contributed by atoms with Crippen molar-refractivity contribution < 1.29 is 26.7 Å². The molecule has 1 saturated heterocycles. The van der Waals surface area contributed by atoms with Crippen LogP contribution in [0.4, 0.5) is 22.0 Å². The van der Waals surface area contributed by atoms with E-state index in [0.717, 1.165) is 18.9 Å². The van der Waals surface area contributed by atoms with Crippen molar-refractivity contribution in [2.75, 3.05) is 20.3 Å². The molecule has 1 aliphatic heterocycles. The quantitative estimate of drug-likeness (QED) is 0.737. The molecule has 1 aromatic carbocycles. The summed E-state index contributed by atoms with van der Waals surface area (Å²) in [6, 6.07) is 4.23. The van der Waals surface area contributed by atoms with E-state index in [1.54, 1.807) is 18.0 Å². The van der Waals surface area contributed by atoms with E-state index in [1.165, 1.54) is 6.07 Å². The third-order valence-corrected chi connectivity index (χ3v) is 3.52. The van der Waals surface area contributed by atoms with Gasteiger partial charge in [0.25, 0.3) is 5.92 Å². The lowest BCUT2D eigenvalue weighted by atomic mass is 9.94. The molecule has 0 aromatic heterocycles. The zero-order chi connectivity index (χ0) is 17.6. The highest BCUT2D eigenvalue weighted by Crippen LogP contribution is 2.29. The number of likely N-dealkylation sites (N-methyl/N-ethyl adjacent to an activating group) is 1. The Morgan fingerprint density at radius 3 is 2.48 bits per heavy atom. The number of alkyl halides is 3. The molecule has 1 heterocycles. The number of carbonyl (C=O) groups excluding carboxylic acids is 1. The van der Waals surface area contributed by atoms with Crippen molar-refractivity contribution in [3.05, 3.63) is 35.4 Å². The zero-order valence-corrected chi connectivity index (χ0v) is 13.1. The highest BCUT2D eigenvalue weighted by atomic mass is 19.3. The van der Waals surface area contributed by atoms with Crippen LogP contribution < -0.4 is 0 Å². The molecule has 1 amide bonds. The van der Waals surface area contributed by atoms with Crippen LogP contribution in [0.1, 0.15) is 37.7 Å². The molecule has 0 aliphatic carbocycles. The van der Waals surface area contributed by atoms with Crippen LogP contribution in [-0.2, 0) is 4.79 Å². The Balaban J connectivity index is 0.000000379. The fraction of sp³-hybridized carbons (Fsp3) is 0.562. The summed E-state index contributed by atoms with van der Waals surface area (Å²) in [5, 5.41) is 0. The van der Waals surface area contributed by atoms with Gasteiger partial charge in [0.1, 0.15) is 0 Å². The average molecular weight is 337 g/mol. The van der Waals surface area contributed by atoms with E-state index in [0.29, 0.717) is 25.5 Å². The summed E-state index contributed by atoms with van der Waals surface area (Å²) in [5.74, 6) is -4.76. The Labute approximate surface area is 132 Å². The van der Waals surface area contributed by atoms with Crippen LogP contribution >= 0.6 is 0 Å². The third-order valence-electron chi connectivity index (χ3n) is 3.52. The number of carbonyl (C=O) groups is 1. The summed E-state index contributed by atoms with van der Waals surface area (Å²) < 4.78 is 59.7. The monoisotopic (exact) mass is 337 g/mol. The third kappa shape index (κ3) is 6.15. The Hall–Kier alpha value is -1.66. The molecule has 0 spiro atoms. The van der Waals surface area contributed by atoms with Gasteiger partial charge in [0.15, 0.2) is 18.3 Å². The standard InChI is InChI=1S/C13H15F2NO.C3H5F3/c1-16-8-9(4-2-7-12(16)17)10-5-3-6-11(14)13(10)15;1-3(5,6)2-4/h3,5-6,9H,2,4,7-8H2,1H3;2H2,1H3. The molecular formula is C16H20F5NO. The second kappa shape index (κ2) is 8.26. The van der Waals surface area contributed by atoms with E-state index in [4.69, 9.17) is 0 Å². The predicted octanol–water partition coefficient (Wildman–Crippen LogP) is 4.30. The number of hydrogen-bond donors (Lipinski definition) is 0. The molecule has 23 heavy (non-hydrogen) atoms. The van der Waals surface area contributed by atoms with Crippen molar-refractivity contribution in [1.29, 1.82) is 0 Å². The molecule has 1 atom stereocenters. The second-order valence-electron chi connectivity index (χ2n) is 5.71. The summed E-state index contributed by atoms with van der Waals surface area (Å²) >= 11 is 0. The van der Waals surface area contributed by atoms with Crippen LogP contribution in [0.3, 0.4) is 0 Å². The van der Waals surface area contributed by atoms with E-state index in [1.807, 2.05) is 0 Å². The van der Waals surface area contributed by atoms with Gasteiger partial charge in [0.2, 0.25) is 5.91 Å². The molecule has 130 valence electrons. The zero-order valence-electron chi connectivity index (χ0n) is 13.1. The van der Waals surface area contributed by atoms with Crippen molar-refractivity contribution in [2.24, 2.45) is 0 Å². The van der Waals surface area contributed by atoms with Crippen molar-refractivity contribution >= 4 is 5.91 Å². The van der Waals surface area contributed by atoms with Gasteiger partial charge in [0, 0.05) is 32.9 Å². The highest BCUT2D eigenvalue weighted by molar-refractivity contribution is 5.76. The Morgan fingerprint density at radius 2 is 1.91 bits per heavy atom. The highest BCUT2D eigenvalue weighted by Gasteiger charge is 2.24. The first kappa shape index (κ1) is 19.4. The van der Waals surface area contributed by atoms with Gasteiger partial charge in [-0.25, -0.2) is 22.0 Å². The first-order valence-electron chi connectivity index (χ1n) is 7.27. The molecule has 7 heteroatoms. The van der Waals surface area contributed by atoms with Crippen molar-refractivity contribution in [3.63, 3.8) is 0 Å². The topological polar surface area (TPSA) is 20.3 Å². The predicted molar refractivity (Wildman–Crippen MR) is 77.2 cm³/mol. The van der Waals surface area contributed by atoms with Crippen molar-refractivity contribution in [1.82, 2.24) is 4.90 Å². The van der Waals surface area contributed by atoms with Crippen LogP contribution in [-0.4, -0.2) is 37.0 Å². The first-order valence-corrected chi connectivity index (χ1v) is 7.27. The summed E-state index contributed by atoms with van der Waals surface area (Å²) in [7, 11) is 1.71. The number of benzene rings is 1. The van der Waals surface area contributed by atoms with Gasteiger partial charge >= 0.3 is 0 Å². The largest absolute Gasteiger partial charge is 0.345 e. The minimum Gasteiger partial charge on any atom is -0.345 e. The van der Waals surface area contributed by atoms with E-state index < -0.39 is 24.2 Å². The van der Waals surface area contributed by atoms with Crippen molar-refractivity contribution in [2.45, 2.75) is 38.0 Å². The Kier molecular flexibility index (Phi) is 6.97. The molecule has 2 rings (SSSR count). The second-order valence-corrected chi connectivity index (χ2v) is 5.71. The summed E-state index contributed by atoms with van der Waals surface area (Å²) in [6.45, 7) is -0.570. The molecule has 0 saturated carbocycles. The van der Waals surface area contributed by atoms with Gasteiger partial charge in [-0.05, 0) is 24.5 Å². The normalized spacial score (nSPS) is 19.0. The van der Waals surface area contributed by atoms with E-state index in [9.17, 15) is 26.7 Å². The number of hydrogen-bond acceptors (Lipinski definition) is 1. The van der Waals surface area contributed by atoms with E-state index >= 15 is 0 Å². The lowest BCUT2D eigenvalue weighted by Crippen LogP contribution is -2.28. The SMILES string of the molecule is CC(F)(F)CF.CN1CC(c2cccc(F)c2F)CCCC1=O.